The third-order valence-corrected chi connectivity index (χ3v) is 4.85. The molecule has 27 heavy (non-hydrogen) atoms. The summed E-state index contributed by atoms with van der Waals surface area (Å²) in [5.41, 5.74) is 8.79. The molecule has 0 aliphatic rings. The van der Waals surface area contributed by atoms with E-state index in [9.17, 15) is 4.79 Å². The molecule has 0 aliphatic heterocycles. The lowest BCUT2D eigenvalue weighted by atomic mass is 9.99. The molecule has 0 saturated heterocycles. The van der Waals surface area contributed by atoms with Crippen molar-refractivity contribution >= 4 is 23.5 Å². The number of hydrogen-bond donors (Lipinski definition) is 2. The van der Waals surface area contributed by atoms with E-state index in [2.05, 4.69) is 27.4 Å². The zero-order valence-corrected chi connectivity index (χ0v) is 15.9. The molecule has 0 bridgehead atoms. The number of nitrogens with one attached hydrogen (secondary N) is 1. The predicted octanol–water partition coefficient (Wildman–Crippen LogP) is 3.56. The Morgan fingerprint density at radius 1 is 1.07 bits per heavy atom. The van der Waals surface area contributed by atoms with Gasteiger partial charge in [0.25, 0.3) is 0 Å². The van der Waals surface area contributed by atoms with Crippen molar-refractivity contribution in [2.24, 2.45) is 0 Å². The lowest BCUT2D eigenvalue weighted by Gasteiger charge is -2.19. The highest BCUT2D eigenvalue weighted by atomic mass is 32.2. The summed E-state index contributed by atoms with van der Waals surface area (Å²) in [6, 6.07) is 21.8. The van der Waals surface area contributed by atoms with Gasteiger partial charge in [0.05, 0.1) is 11.8 Å². The van der Waals surface area contributed by atoms with Gasteiger partial charge in [-0.1, -0.05) is 72.4 Å². The second-order valence-electron chi connectivity index (χ2n) is 6.23. The summed E-state index contributed by atoms with van der Waals surface area (Å²) in [6.45, 7) is 1.85. The van der Waals surface area contributed by atoms with Crippen LogP contribution in [0.5, 0.6) is 0 Å². The molecule has 2 aromatic carbocycles. The molecule has 3 rings (SSSR count). The number of nitrogens with two attached hydrogens (primary N) is 1. The first-order valence-electron chi connectivity index (χ1n) is 8.72. The first kappa shape index (κ1) is 18.9. The maximum atomic E-state index is 12.5. The van der Waals surface area contributed by atoms with Gasteiger partial charge in [-0.25, -0.2) is 9.97 Å². The van der Waals surface area contributed by atoms with Crippen molar-refractivity contribution in [3.8, 4) is 0 Å². The Morgan fingerprint density at radius 3 is 2.41 bits per heavy atom. The molecular formula is C21H22N4OS. The highest BCUT2D eigenvalue weighted by Gasteiger charge is 2.16. The van der Waals surface area contributed by atoms with E-state index in [1.165, 1.54) is 17.3 Å². The molecule has 3 N–H and O–H groups in total. The maximum absolute atomic E-state index is 12.5. The fourth-order valence-electron chi connectivity index (χ4n) is 2.78. The molecule has 6 heteroatoms. The Morgan fingerprint density at radius 2 is 1.74 bits per heavy atom. The Balaban J connectivity index is 1.66. The largest absolute Gasteiger partial charge is 0.384 e. The van der Waals surface area contributed by atoms with Crippen LogP contribution in [-0.4, -0.2) is 21.6 Å². The normalized spacial score (nSPS) is 11.7. The molecule has 0 unspecified atom stereocenters. The summed E-state index contributed by atoms with van der Waals surface area (Å²) in [5.74, 6) is 0.589. The SMILES string of the molecule is Cc1cc(N)nc(SCC(=O)N[C@H](Cc2ccccc2)c2ccccc2)n1. The minimum Gasteiger partial charge on any atom is -0.384 e. The molecule has 0 saturated carbocycles. The van der Waals surface area contributed by atoms with Gasteiger partial charge in [-0.15, -0.1) is 0 Å². The van der Waals surface area contributed by atoms with Crippen LogP contribution in [0.2, 0.25) is 0 Å². The molecule has 3 aromatic rings. The van der Waals surface area contributed by atoms with E-state index in [4.69, 9.17) is 5.73 Å². The summed E-state index contributed by atoms with van der Waals surface area (Å²) in [7, 11) is 0. The van der Waals surface area contributed by atoms with Crippen molar-refractivity contribution in [2.45, 2.75) is 24.5 Å². The van der Waals surface area contributed by atoms with Crippen molar-refractivity contribution in [1.29, 1.82) is 0 Å². The van der Waals surface area contributed by atoms with Gasteiger partial charge in [-0.2, -0.15) is 0 Å². The molecule has 0 radical (unpaired) electrons. The fraction of sp³-hybridized carbons (Fsp3) is 0.190. The van der Waals surface area contributed by atoms with E-state index in [-0.39, 0.29) is 17.7 Å². The summed E-state index contributed by atoms with van der Waals surface area (Å²) in [4.78, 5) is 21.0. The standard InChI is InChI=1S/C21H22N4OS/c1-15-12-19(22)25-21(23-15)27-14-20(26)24-18(17-10-6-3-7-11-17)13-16-8-4-2-5-9-16/h2-12,18H,13-14H2,1H3,(H,24,26)(H2,22,23,25)/t18-/m1/s1. The average Bonchev–Trinajstić information content (AvgIpc) is 2.67. The molecule has 0 aliphatic carbocycles. The van der Waals surface area contributed by atoms with Crippen molar-refractivity contribution < 1.29 is 4.79 Å². The van der Waals surface area contributed by atoms with E-state index in [1.54, 1.807) is 6.07 Å². The Hall–Kier alpha value is -2.86. The lowest BCUT2D eigenvalue weighted by molar-refractivity contribution is -0.119. The number of carbonyl (C=O) groups excluding carboxylic acids is 1. The summed E-state index contributed by atoms with van der Waals surface area (Å²) in [5, 5.41) is 3.65. The van der Waals surface area contributed by atoms with Crippen molar-refractivity contribution in [2.75, 3.05) is 11.5 Å². The van der Waals surface area contributed by atoms with E-state index in [0.717, 1.165) is 17.7 Å². The number of aromatic nitrogens is 2. The molecule has 1 atom stereocenters. The smallest absolute Gasteiger partial charge is 0.230 e. The number of thioether (sulfide) groups is 1. The van der Waals surface area contributed by atoms with E-state index >= 15 is 0 Å². The van der Waals surface area contributed by atoms with Crippen molar-refractivity contribution in [3.05, 3.63) is 83.6 Å². The third-order valence-electron chi connectivity index (χ3n) is 4.01. The quantitative estimate of drug-likeness (QED) is 0.485. The Labute approximate surface area is 163 Å². The summed E-state index contributed by atoms with van der Waals surface area (Å²) in [6.07, 6.45) is 0.731. The number of rotatable bonds is 7. The number of benzene rings is 2. The molecule has 0 spiro atoms. The zero-order chi connectivity index (χ0) is 19.1. The number of hydrogen-bond acceptors (Lipinski definition) is 5. The highest BCUT2D eigenvalue weighted by molar-refractivity contribution is 7.99. The van der Waals surface area contributed by atoms with Gasteiger partial charge in [0.15, 0.2) is 5.16 Å². The van der Waals surface area contributed by atoms with Crippen LogP contribution in [0.15, 0.2) is 71.9 Å². The lowest BCUT2D eigenvalue weighted by Crippen LogP contribution is -2.31. The van der Waals surface area contributed by atoms with Crippen LogP contribution in [0.1, 0.15) is 22.9 Å². The van der Waals surface area contributed by atoms with Gasteiger partial charge in [-0.05, 0) is 24.5 Å². The van der Waals surface area contributed by atoms with E-state index in [1.807, 2.05) is 55.5 Å². The minimum absolute atomic E-state index is 0.0616. The third kappa shape index (κ3) is 5.82. The van der Waals surface area contributed by atoms with Crippen LogP contribution in [0.4, 0.5) is 5.82 Å². The van der Waals surface area contributed by atoms with Crippen LogP contribution >= 0.6 is 11.8 Å². The van der Waals surface area contributed by atoms with Gasteiger partial charge in [0.1, 0.15) is 5.82 Å². The molecule has 1 heterocycles. The number of carbonyl (C=O) groups is 1. The zero-order valence-electron chi connectivity index (χ0n) is 15.1. The second kappa shape index (κ2) is 9.19. The number of anilines is 1. The van der Waals surface area contributed by atoms with Gasteiger partial charge >= 0.3 is 0 Å². The van der Waals surface area contributed by atoms with Crippen LogP contribution in [0.3, 0.4) is 0 Å². The molecule has 5 nitrogen and oxygen atoms in total. The average molecular weight is 379 g/mol. The van der Waals surface area contributed by atoms with Gasteiger partial charge in [0, 0.05) is 11.8 Å². The van der Waals surface area contributed by atoms with E-state index in [0.29, 0.717) is 11.0 Å². The van der Waals surface area contributed by atoms with Gasteiger partial charge < -0.3 is 11.1 Å². The maximum Gasteiger partial charge on any atom is 0.230 e. The minimum atomic E-state index is -0.0924. The van der Waals surface area contributed by atoms with Crippen LogP contribution in [0, 0.1) is 6.92 Å². The highest BCUT2D eigenvalue weighted by Crippen LogP contribution is 2.20. The second-order valence-corrected chi connectivity index (χ2v) is 7.17. The first-order chi connectivity index (χ1) is 13.1. The molecule has 1 aromatic heterocycles. The number of nitrogen functional groups attached to an aromatic ring is 1. The van der Waals surface area contributed by atoms with Crippen LogP contribution in [-0.2, 0) is 11.2 Å². The molecular weight excluding hydrogens is 356 g/mol. The monoisotopic (exact) mass is 378 g/mol. The molecule has 138 valence electrons. The topological polar surface area (TPSA) is 80.9 Å². The summed E-state index contributed by atoms with van der Waals surface area (Å²) >= 11 is 1.29. The number of amides is 1. The van der Waals surface area contributed by atoms with Crippen LogP contribution < -0.4 is 11.1 Å². The van der Waals surface area contributed by atoms with Gasteiger partial charge in [0.2, 0.25) is 5.91 Å². The Kier molecular flexibility index (Phi) is 6.44. The van der Waals surface area contributed by atoms with E-state index < -0.39 is 0 Å². The Bertz CT molecular complexity index is 867. The summed E-state index contributed by atoms with van der Waals surface area (Å²) < 4.78 is 0. The van der Waals surface area contributed by atoms with Gasteiger partial charge in [-0.3, -0.25) is 4.79 Å². The van der Waals surface area contributed by atoms with Crippen molar-refractivity contribution in [1.82, 2.24) is 15.3 Å². The number of aryl methyl sites for hydroxylation is 1. The number of nitrogens with zero attached hydrogens (tertiary/aromatic N) is 2. The van der Waals surface area contributed by atoms with Crippen LogP contribution in [0.25, 0.3) is 0 Å². The van der Waals surface area contributed by atoms with Crippen molar-refractivity contribution in [3.63, 3.8) is 0 Å². The fourth-order valence-corrected chi connectivity index (χ4v) is 3.50. The predicted molar refractivity (Wildman–Crippen MR) is 109 cm³/mol. The first-order valence-corrected chi connectivity index (χ1v) is 9.71. The molecule has 1 amide bonds. The molecule has 0 fully saturated rings.